The van der Waals surface area contributed by atoms with Crippen molar-refractivity contribution in [2.24, 2.45) is 0 Å². The quantitative estimate of drug-likeness (QED) is 0.707. The average molecular weight is 348 g/mol. The zero-order chi connectivity index (χ0) is 17.1. The molecule has 3 aromatic rings. The molecule has 5 nitrogen and oxygen atoms in total. The summed E-state index contributed by atoms with van der Waals surface area (Å²) in [5, 5.41) is 6.33. The van der Waals surface area contributed by atoms with Crippen LogP contribution in [0.3, 0.4) is 0 Å². The molecule has 0 unspecified atom stereocenters. The molecular weight excluding hydrogens is 334 g/mol. The van der Waals surface area contributed by atoms with Crippen LogP contribution < -0.4 is 0 Å². The third-order valence-corrected chi connectivity index (χ3v) is 4.29. The molecule has 0 fully saturated rings. The number of carbonyl (C=O) groups is 1. The van der Waals surface area contributed by atoms with Crippen LogP contribution in [-0.4, -0.2) is 32.6 Å². The Morgan fingerprint density at radius 1 is 1.29 bits per heavy atom. The fourth-order valence-corrected chi connectivity index (χ4v) is 2.98. The second kappa shape index (κ2) is 6.88. The molecule has 0 radical (unpaired) electrons. The minimum absolute atomic E-state index is 0.0173. The lowest BCUT2D eigenvalue weighted by molar-refractivity contribution is 0.0553. The van der Waals surface area contributed by atoms with E-state index >= 15 is 0 Å². The Labute approximate surface area is 141 Å². The second-order valence-corrected chi connectivity index (χ2v) is 5.99. The van der Waals surface area contributed by atoms with Crippen molar-refractivity contribution in [1.82, 2.24) is 19.7 Å². The summed E-state index contributed by atoms with van der Waals surface area (Å²) in [6.45, 7) is -2.48. The van der Waals surface area contributed by atoms with Crippen molar-refractivity contribution in [3.63, 3.8) is 0 Å². The van der Waals surface area contributed by atoms with Gasteiger partial charge in [0.2, 0.25) is 0 Å². The molecule has 2 aromatic heterocycles. The molecule has 0 aliphatic carbocycles. The molecule has 124 valence electrons. The minimum atomic E-state index is -2.76. The van der Waals surface area contributed by atoms with E-state index in [0.29, 0.717) is 4.68 Å². The average Bonchev–Trinajstić information content (AvgIpc) is 3.24. The Bertz CT molecular complexity index is 831. The largest absolute Gasteiger partial charge is 0.334 e. The summed E-state index contributed by atoms with van der Waals surface area (Å²) in [6.07, 6.45) is 1.09. The van der Waals surface area contributed by atoms with Gasteiger partial charge in [-0.05, 0) is 6.07 Å². The zero-order valence-corrected chi connectivity index (χ0v) is 13.6. The Morgan fingerprint density at radius 3 is 2.71 bits per heavy atom. The van der Waals surface area contributed by atoms with Crippen molar-refractivity contribution < 1.29 is 13.6 Å². The van der Waals surface area contributed by atoms with Crippen molar-refractivity contribution in [3.05, 3.63) is 59.4 Å². The van der Waals surface area contributed by atoms with Crippen molar-refractivity contribution >= 4 is 17.2 Å². The SMILES string of the molecule is CN(Cc1csc(-c2ccccc2)n1)C(=O)c1ccn(C(F)F)n1. The summed E-state index contributed by atoms with van der Waals surface area (Å²) in [4.78, 5) is 18.2. The molecule has 0 aliphatic rings. The first-order valence-electron chi connectivity index (χ1n) is 7.13. The molecule has 0 bridgehead atoms. The van der Waals surface area contributed by atoms with Gasteiger partial charge in [0.05, 0.1) is 12.2 Å². The van der Waals surface area contributed by atoms with E-state index < -0.39 is 12.5 Å². The number of nitrogens with zero attached hydrogens (tertiary/aromatic N) is 4. The van der Waals surface area contributed by atoms with Gasteiger partial charge in [-0.3, -0.25) is 4.79 Å². The van der Waals surface area contributed by atoms with Gasteiger partial charge in [-0.1, -0.05) is 30.3 Å². The van der Waals surface area contributed by atoms with Crippen LogP contribution in [0.1, 0.15) is 22.7 Å². The van der Waals surface area contributed by atoms with Crippen molar-refractivity contribution in [3.8, 4) is 10.6 Å². The van der Waals surface area contributed by atoms with Crippen molar-refractivity contribution in [2.45, 2.75) is 13.1 Å². The smallest absolute Gasteiger partial charge is 0.333 e. The Hall–Kier alpha value is -2.61. The van der Waals surface area contributed by atoms with Crippen LogP contribution in [0.4, 0.5) is 8.78 Å². The fraction of sp³-hybridized carbons (Fsp3) is 0.188. The molecular formula is C16H14F2N4OS. The van der Waals surface area contributed by atoms with Crippen molar-refractivity contribution in [2.75, 3.05) is 7.05 Å². The molecule has 2 heterocycles. The maximum absolute atomic E-state index is 12.5. The molecule has 0 aliphatic heterocycles. The van der Waals surface area contributed by atoms with Crippen LogP contribution in [-0.2, 0) is 6.54 Å². The van der Waals surface area contributed by atoms with Crippen molar-refractivity contribution in [1.29, 1.82) is 0 Å². The predicted octanol–water partition coefficient (Wildman–Crippen LogP) is 3.67. The van der Waals surface area contributed by atoms with E-state index in [9.17, 15) is 13.6 Å². The van der Waals surface area contributed by atoms with E-state index in [0.717, 1.165) is 22.5 Å². The van der Waals surface area contributed by atoms with Crippen LogP contribution in [0.25, 0.3) is 10.6 Å². The number of thiazole rings is 1. The summed E-state index contributed by atoms with van der Waals surface area (Å²) in [5.41, 5.74) is 1.73. The number of alkyl halides is 2. The first-order valence-corrected chi connectivity index (χ1v) is 8.01. The second-order valence-electron chi connectivity index (χ2n) is 5.13. The molecule has 3 rings (SSSR count). The lowest BCUT2D eigenvalue weighted by Gasteiger charge is -2.14. The fourth-order valence-electron chi connectivity index (χ4n) is 2.16. The molecule has 0 saturated heterocycles. The number of halogens is 2. The van der Waals surface area contributed by atoms with E-state index in [2.05, 4.69) is 10.1 Å². The molecule has 0 atom stereocenters. The molecule has 0 saturated carbocycles. The maximum Gasteiger partial charge on any atom is 0.333 e. The van der Waals surface area contributed by atoms with Crippen LogP contribution >= 0.6 is 11.3 Å². The van der Waals surface area contributed by atoms with E-state index in [-0.39, 0.29) is 12.2 Å². The van der Waals surface area contributed by atoms with E-state index in [4.69, 9.17) is 0 Å². The maximum atomic E-state index is 12.5. The monoisotopic (exact) mass is 348 g/mol. The van der Waals surface area contributed by atoms with Gasteiger partial charge >= 0.3 is 6.55 Å². The number of hydrogen-bond acceptors (Lipinski definition) is 4. The molecule has 8 heteroatoms. The first kappa shape index (κ1) is 16.3. The number of hydrogen-bond donors (Lipinski definition) is 0. The summed E-state index contributed by atoms with van der Waals surface area (Å²) >= 11 is 1.49. The third-order valence-electron chi connectivity index (χ3n) is 3.35. The molecule has 1 aromatic carbocycles. The van der Waals surface area contributed by atoms with Gasteiger partial charge in [0.15, 0.2) is 5.69 Å². The Morgan fingerprint density at radius 2 is 2.04 bits per heavy atom. The molecule has 1 amide bonds. The molecule has 0 N–H and O–H groups in total. The summed E-state index contributed by atoms with van der Waals surface area (Å²) in [5.74, 6) is -0.427. The zero-order valence-electron chi connectivity index (χ0n) is 12.8. The normalized spacial score (nSPS) is 11.0. The van der Waals surface area contributed by atoms with Crippen LogP contribution in [0, 0.1) is 0 Å². The summed E-state index contributed by atoms with van der Waals surface area (Å²) < 4.78 is 25.5. The highest BCUT2D eigenvalue weighted by Gasteiger charge is 2.18. The summed E-state index contributed by atoms with van der Waals surface area (Å²) in [7, 11) is 1.59. The summed E-state index contributed by atoms with van der Waals surface area (Å²) in [6, 6.07) is 11.0. The topological polar surface area (TPSA) is 51.0 Å². The van der Waals surface area contributed by atoms with Gasteiger partial charge in [0.25, 0.3) is 5.91 Å². The van der Waals surface area contributed by atoms with Gasteiger partial charge in [-0.15, -0.1) is 11.3 Å². The van der Waals surface area contributed by atoms with E-state index in [1.54, 1.807) is 7.05 Å². The number of aromatic nitrogens is 3. The highest BCUT2D eigenvalue weighted by atomic mass is 32.1. The minimum Gasteiger partial charge on any atom is -0.334 e. The Balaban J connectivity index is 1.69. The van der Waals surface area contributed by atoms with Crippen LogP contribution in [0.5, 0.6) is 0 Å². The lowest BCUT2D eigenvalue weighted by Crippen LogP contribution is -2.27. The third kappa shape index (κ3) is 3.48. The van der Waals surface area contributed by atoms with E-state index in [1.807, 2.05) is 35.7 Å². The van der Waals surface area contributed by atoms with Crippen LogP contribution in [0.15, 0.2) is 48.0 Å². The van der Waals surface area contributed by atoms with Crippen LogP contribution in [0.2, 0.25) is 0 Å². The standard InChI is InChI=1S/C16H14F2N4OS/c1-21(15(23)13-7-8-22(20-13)16(17)18)9-12-10-24-14(19-12)11-5-3-2-4-6-11/h2-8,10,16H,9H2,1H3. The Kier molecular flexibility index (Phi) is 4.66. The van der Waals surface area contributed by atoms with Gasteiger partial charge in [0.1, 0.15) is 5.01 Å². The molecule has 24 heavy (non-hydrogen) atoms. The van der Waals surface area contributed by atoms with E-state index in [1.165, 1.54) is 22.3 Å². The highest BCUT2D eigenvalue weighted by Crippen LogP contribution is 2.24. The number of carbonyl (C=O) groups excluding carboxylic acids is 1. The highest BCUT2D eigenvalue weighted by molar-refractivity contribution is 7.13. The van der Waals surface area contributed by atoms with Gasteiger partial charge in [-0.2, -0.15) is 13.9 Å². The molecule has 0 spiro atoms. The van der Waals surface area contributed by atoms with Gasteiger partial charge in [0, 0.05) is 24.2 Å². The number of benzene rings is 1. The van der Waals surface area contributed by atoms with Gasteiger partial charge in [-0.25, -0.2) is 9.67 Å². The predicted molar refractivity (Wildman–Crippen MR) is 86.8 cm³/mol. The number of rotatable bonds is 5. The lowest BCUT2D eigenvalue weighted by atomic mass is 10.2. The van der Waals surface area contributed by atoms with Gasteiger partial charge < -0.3 is 4.90 Å². The first-order chi connectivity index (χ1) is 11.5. The number of amides is 1.